The number of anilines is 2. The van der Waals surface area contributed by atoms with Gasteiger partial charge >= 0.3 is 0 Å². The molecule has 1 aliphatic carbocycles. The fourth-order valence-corrected chi connectivity index (χ4v) is 4.89. The average molecular weight is 380 g/mol. The zero-order valence-electron chi connectivity index (χ0n) is 15.3. The Morgan fingerprint density at radius 2 is 2.15 bits per heavy atom. The number of benzene rings is 1. The van der Waals surface area contributed by atoms with E-state index in [1.165, 1.54) is 11.3 Å². The second-order valence-corrected chi connectivity index (χ2v) is 8.86. The first-order valence-electron chi connectivity index (χ1n) is 9.07. The summed E-state index contributed by atoms with van der Waals surface area (Å²) < 4.78 is 5.91. The first-order chi connectivity index (χ1) is 13.0. The molecule has 0 saturated heterocycles. The largest absolute Gasteiger partial charge is 0.490 e. The number of thiazole rings is 1. The molecule has 2 aliphatic rings. The van der Waals surface area contributed by atoms with Gasteiger partial charge < -0.3 is 9.64 Å². The van der Waals surface area contributed by atoms with Crippen LogP contribution in [0.3, 0.4) is 0 Å². The van der Waals surface area contributed by atoms with Crippen LogP contribution < -0.4 is 9.64 Å². The highest BCUT2D eigenvalue weighted by atomic mass is 32.1. The number of nitrogens with zero attached hydrogens (tertiary/aromatic N) is 3. The van der Waals surface area contributed by atoms with Crippen molar-refractivity contribution in [1.82, 2.24) is 15.2 Å². The number of aromatic nitrogens is 3. The van der Waals surface area contributed by atoms with E-state index in [2.05, 4.69) is 41.1 Å². The molecule has 27 heavy (non-hydrogen) atoms. The van der Waals surface area contributed by atoms with E-state index in [4.69, 9.17) is 9.72 Å². The van der Waals surface area contributed by atoms with Crippen molar-refractivity contribution in [1.29, 1.82) is 0 Å². The highest BCUT2D eigenvalue weighted by Gasteiger charge is 2.35. The van der Waals surface area contributed by atoms with E-state index in [0.717, 1.165) is 51.2 Å². The lowest BCUT2D eigenvalue weighted by molar-refractivity contribution is 0.0916. The van der Waals surface area contributed by atoms with E-state index in [1.54, 1.807) is 6.20 Å². The smallest absolute Gasteiger partial charge is 0.190 e. The number of rotatable bonds is 2. The van der Waals surface area contributed by atoms with Crippen LogP contribution in [0.25, 0.3) is 11.1 Å². The molecular weight excluding hydrogens is 360 g/mol. The van der Waals surface area contributed by atoms with Gasteiger partial charge in [-0.15, -0.1) is 0 Å². The van der Waals surface area contributed by atoms with Crippen LogP contribution in [0.4, 0.5) is 10.8 Å². The molecule has 1 aromatic carbocycles. The molecule has 1 aliphatic heterocycles. The Bertz CT molecular complexity index is 1020. The van der Waals surface area contributed by atoms with Gasteiger partial charge in [0.05, 0.1) is 29.0 Å². The second-order valence-electron chi connectivity index (χ2n) is 7.88. The summed E-state index contributed by atoms with van der Waals surface area (Å²) in [6.07, 6.45) is 5.10. The van der Waals surface area contributed by atoms with Gasteiger partial charge in [0.1, 0.15) is 12.4 Å². The number of nitrogens with one attached hydrogen (secondary N) is 1. The summed E-state index contributed by atoms with van der Waals surface area (Å²) in [7, 11) is 0. The molecule has 5 rings (SSSR count). The molecule has 0 radical (unpaired) electrons. The summed E-state index contributed by atoms with van der Waals surface area (Å²) >= 11 is 1.51. The number of H-pyrrole nitrogens is 1. The number of carbonyl (C=O) groups is 1. The van der Waals surface area contributed by atoms with Crippen LogP contribution in [0, 0.1) is 5.41 Å². The summed E-state index contributed by atoms with van der Waals surface area (Å²) in [6.45, 7) is 5.58. The zero-order valence-corrected chi connectivity index (χ0v) is 16.1. The van der Waals surface area contributed by atoms with Crippen molar-refractivity contribution in [2.45, 2.75) is 26.7 Å². The Hall–Kier alpha value is -2.67. The van der Waals surface area contributed by atoms with E-state index in [0.29, 0.717) is 13.0 Å². The summed E-state index contributed by atoms with van der Waals surface area (Å²) in [5.41, 5.74) is 4.00. The molecule has 0 atom stereocenters. The number of ether oxygens (including phenoxy) is 1. The minimum Gasteiger partial charge on any atom is -0.490 e. The topological polar surface area (TPSA) is 71.1 Å². The summed E-state index contributed by atoms with van der Waals surface area (Å²) in [5.74, 6) is 1.05. The van der Waals surface area contributed by atoms with Crippen LogP contribution >= 0.6 is 11.3 Å². The minimum absolute atomic E-state index is 0.0160. The molecule has 0 saturated carbocycles. The van der Waals surface area contributed by atoms with Crippen molar-refractivity contribution in [3.8, 4) is 16.9 Å². The second kappa shape index (κ2) is 5.92. The van der Waals surface area contributed by atoms with Crippen molar-refractivity contribution in [2.24, 2.45) is 5.41 Å². The van der Waals surface area contributed by atoms with Crippen molar-refractivity contribution >= 4 is 27.9 Å². The molecule has 0 fully saturated rings. The maximum atomic E-state index is 12.5. The minimum atomic E-state index is -0.0160. The van der Waals surface area contributed by atoms with Gasteiger partial charge in [-0.3, -0.25) is 9.89 Å². The average Bonchev–Trinajstić information content (AvgIpc) is 3.29. The molecule has 7 heteroatoms. The van der Waals surface area contributed by atoms with Gasteiger partial charge in [0.25, 0.3) is 0 Å². The van der Waals surface area contributed by atoms with E-state index in [1.807, 2.05) is 12.3 Å². The highest BCUT2D eigenvalue weighted by molar-refractivity contribution is 7.17. The Labute approximate surface area is 161 Å². The molecule has 2 aromatic heterocycles. The van der Waals surface area contributed by atoms with E-state index < -0.39 is 0 Å². The van der Waals surface area contributed by atoms with Gasteiger partial charge in [0.2, 0.25) is 0 Å². The van der Waals surface area contributed by atoms with Crippen LogP contribution in [0.1, 0.15) is 35.6 Å². The maximum Gasteiger partial charge on any atom is 0.190 e. The number of hydrogen-bond donors (Lipinski definition) is 1. The third kappa shape index (κ3) is 2.82. The van der Waals surface area contributed by atoms with Crippen LogP contribution in [0.2, 0.25) is 0 Å². The number of hydrogen-bond acceptors (Lipinski definition) is 6. The summed E-state index contributed by atoms with van der Waals surface area (Å²) in [5, 5.41) is 7.73. The quantitative estimate of drug-likeness (QED) is 0.721. The Morgan fingerprint density at radius 1 is 1.26 bits per heavy atom. The van der Waals surface area contributed by atoms with Crippen LogP contribution in [-0.4, -0.2) is 34.1 Å². The molecule has 138 valence electrons. The molecule has 3 heterocycles. The van der Waals surface area contributed by atoms with Gasteiger partial charge in [-0.2, -0.15) is 5.10 Å². The molecule has 0 bridgehead atoms. The SMILES string of the molecule is CC1(C)CC(=O)c2sc(N3CCOc4cc(-c5cn[nH]c5)ccc43)nc2C1. The number of Topliss-reactive ketones (excluding diaryl/α,β-unsaturated/α-hetero) is 1. The first-order valence-corrected chi connectivity index (χ1v) is 9.88. The lowest BCUT2D eigenvalue weighted by atomic mass is 9.78. The van der Waals surface area contributed by atoms with Gasteiger partial charge in [0, 0.05) is 18.2 Å². The van der Waals surface area contributed by atoms with E-state index in [-0.39, 0.29) is 11.2 Å². The van der Waals surface area contributed by atoms with Crippen molar-refractivity contribution in [3.63, 3.8) is 0 Å². The maximum absolute atomic E-state index is 12.5. The fraction of sp³-hybridized carbons (Fsp3) is 0.350. The predicted molar refractivity (Wildman–Crippen MR) is 105 cm³/mol. The van der Waals surface area contributed by atoms with Gasteiger partial charge in [-0.05, 0) is 29.5 Å². The molecule has 6 nitrogen and oxygen atoms in total. The molecule has 3 aromatic rings. The normalized spacial score (nSPS) is 18.0. The number of aromatic amines is 1. The van der Waals surface area contributed by atoms with E-state index >= 15 is 0 Å². The molecular formula is C20H20N4O2S. The molecule has 0 unspecified atom stereocenters. The van der Waals surface area contributed by atoms with Gasteiger partial charge in [-0.1, -0.05) is 31.3 Å². The standard InChI is InChI=1S/C20H20N4O2S/c1-20(2)8-14-18(16(25)9-20)27-19(23-14)24-5-6-26-17-7-12(3-4-15(17)24)13-10-21-22-11-13/h3-4,7,10-11H,5-6,8-9H2,1-2H3,(H,21,22). The Balaban J connectivity index is 1.53. The first kappa shape index (κ1) is 16.5. The molecule has 1 N–H and O–H groups in total. The number of ketones is 1. The van der Waals surface area contributed by atoms with Crippen molar-refractivity contribution in [2.75, 3.05) is 18.1 Å². The van der Waals surface area contributed by atoms with Crippen LogP contribution in [0.15, 0.2) is 30.6 Å². The van der Waals surface area contributed by atoms with Gasteiger partial charge in [-0.25, -0.2) is 4.98 Å². The Kier molecular flexibility index (Phi) is 3.62. The van der Waals surface area contributed by atoms with Crippen molar-refractivity contribution in [3.05, 3.63) is 41.2 Å². The van der Waals surface area contributed by atoms with Crippen LogP contribution in [-0.2, 0) is 6.42 Å². The monoisotopic (exact) mass is 380 g/mol. The third-order valence-corrected chi connectivity index (χ3v) is 6.27. The molecule has 0 amide bonds. The predicted octanol–water partition coefficient (Wildman–Crippen LogP) is 4.22. The third-order valence-electron chi connectivity index (χ3n) is 5.11. The van der Waals surface area contributed by atoms with Gasteiger partial charge in [0.15, 0.2) is 10.9 Å². The fourth-order valence-electron chi connectivity index (χ4n) is 3.83. The number of fused-ring (bicyclic) bond motifs is 2. The highest BCUT2D eigenvalue weighted by Crippen LogP contribution is 2.44. The molecule has 0 spiro atoms. The lowest BCUT2D eigenvalue weighted by Gasteiger charge is -2.29. The van der Waals surface area contributed by atoms with E-state index in [9.17, 15) is 4.79 Å². The lowest BCUT2D eigenvalue weighted by Crippen LogP contribution is -2.28. The summed E-state index contributed by atoms with van der Waals surface area (Å²) in [4.78, 5) is 20.4. The van der Waals surface area contributed by atoms with Crippen LogP contribution in [0.5, 0.6) is 5.75 Å². The van der Waals surface area contributed by atoms with Crippen molar-refractivity contribution < 1.29 is 9.53 Å². The summed E-state index contributed by atoms with van der Waals surface area (Å²) in [6, 6.07) is 6.16. The number of carbonyl (C=O) groups excluding carboxylic acids is 1. The Morgan fingerprint density at radius 3 is 2.96 bits per heavy atom. The zero-order chi connectivity index (χ0) is 18.6.